The Morgan fingerprint density at radius 3 is 3.27 bits per heavy atom. The molecule has 0 N–H and O–H groups in total. The second-order valence-corrected chi connectivity index (χ2v) is 3.73. The van der Waals surface area contributed by atoms with Crippen molar-refractivity contribution >= 4 is 17.4 Å². The zero-order valence-corrected chi connectivity index (χ0v) is 7.16. The van der Waals surface area contributed by atoms with Crippen molar-refractivity contribution in [1.29, 1.82) is 0 Å². The highest BCUT2D eigenvalue weighted by molar-refractivity contribution is 7.11. The third-order valence-electron chi connectivity index (χ3n) is 1.94. The molecule has 0 saturated heterocycles. The van der Waals surface area contributed by atoms with Crippen molar-refractivity contribution in [3.8, 4) is 0 Å². The lowest BCUT2D eigenvalue weighted by atomic mass is 10.1. The molecule has 0 aromatic carbocycles. The van der Waals surface area contributed by atoms with Gasteiger partial charge in [-0.05, 0) is 35.9 Å². The lowest BCUT2D eigenvalue weighted by Gasteiger charge is -1.93. The summed E-state index contributed by atoms with van der Waals surface area (Å²) in [5.41, 5.74) is 2.99. The average molecular weight is 162 g/mol. The molecule has 0 radical (unpaired) electrons. The van der Waals surface area contributed by atoms with Crippen molar-refractivity contribution in [2.45, 2.75) is 12.8 Å². The maximum Gasteiger partial charge on any atom is 0.0305 e. The van der Waals surface area contributed by atoms with Gasteiger partial charge in [0, 0.05) is 4.88 Å². The molecule has 0 atom stereocenters. The van der Waals surface area contributed by atoms with Gasteiger partial charge in [-0.15, -0.1) is 17.9 Å². The summed E-state index contributed by atoms with van der Waals surface area (Å²) in [6.45, 7) is 3.73. The van der Waals surface area contributed by atoms with Crippen LogP contribution in [0.4, 0.5) is 0 Å². The molecule has 1 aliphatic carbocycles. The second kappa shape index (κ2) is 2.67. The van der Waals surface area contributed by atoms with E-state index in [1.165, 1.54) is 16.0 Å². The van der Waals surface area contributed by atoms with Crippen molar-refractivity contribution in [2.24, 2.45) is 0 Å². The molecular weight excluding hydrogens is 152 g/mol. The third kappa shape index (κ3) is 1.16. The molecule has 1 aromatic heterocycles. The minimum atomic E-state index is 1.04. The van der Waals surface area contributed by atoms with Crippen LogP contribution in [-0.2, 0) is 6.42 Å². The van der Waals surface area contributed by atoms with Crippen LogP contribution >= 0.6 is 11.3 Å². The van der Waals surface area contributed by atoms with E-state index in [0.717, 1.165) is 12.8 Å². The molecule has 56 valence electrons. The first-order chi connectivity index (χ1) is 5.40. The highest BCUT2D eigenvalue weighted by Gasteiger charge is 2.11. The predicted octanol–water partition coefficient (Wildman–Crippen LogP) is 3.26. The number of rotatable bonds is 2. The van der Waals surface area contributed by atoms with Crippen molar-refractivity contribution in [1.82, 2.24) is 0 Å². The van der Waals surface area contributed by atoms with Gasteiger partial charge in [0.1, 0.15) is 0 Å². The van der Waals surface area contributed by atoms with Crippen LogP contribution in [0, 0.1) is 0 Å². The van der Waals surface area contributed by atoms with Crippen LogP contribution in [0.2, 0.25) is 0 Å². The van der Waals surface area contributed by atoms with Gasteiger partial charge >= 0.3 is 0 Å². The molecule has 0 bridgehead atoms. The summed E-state index contributed by atoms with van der Waals surface area (Å²) in [5, 5.41) is 2.16. The fourth-order valence-electron chi connectivity index (χ4n) is 1.42. The Balaban J connectivity index is 2.24. The van der Waals surface area contributed by atoms with E-state index in [2.05, 4.69) is 24.1 Å². The fraction of sp³-hybridized carbons (Fsp3) is 0.200. The normalized spacial score (nSPS) is 14.4. The lowest BCUT2D eigenvalue weighted by Crippen LogP contribution is -1.79. The zero-order valence-electron chi connectivity index (χ0n) is 6.34. The van der Waals surface area contributed by atoms with Crippen molar-refractivity contribution in [2.75, 3.05) is 0 Å². The Morgan fingerprint density at radius 1 is 1.64 bits per heavy atom. The topological polar surface area (TPSA) is 0 Å². The van der Waals surface area contributed by atoms with Gasteiger partial charge in [0.2, 0.25) is 0 Å². The van der Waals surface area contributed by atoms with Gasteiger partial charge in [0.05, 0.1) is 0 Å². The minimum Gasteiger partial charge on any atom is -0.144 e. The summed E-state index contributed by atoms with van der Waals surface area (Å²) in [6, 6.07) is 2.21. The number of fused-ring (bicyclic) bond motifs is 1. The van der Waals surface area contributed by atoms with Crippen LogP contribution in [-0.4, -0.2) is 0 Å². The molecule has 11 heavy (non-hydrogen) atoms. The fourth-order valence-corrected chi connectivity index (χ4v) is 2.32. The third-order valence-corrected chi connectivity index (χ3v) is 2.85. The van der Waals surface area contributed by atoms with E-state index < -0.39 is 0 Å². The summed E-state index contributed by atoms with van der Waals surface area (Å²) >= 11 is 1.83. The van der Waals surface area contributed by atoms with Gasteiger partial charge in [0.15, 0.2) is 0 Å². The zero-order chi connectivity index (χ0) is 7.68. The number of hydrogen-bond donors (Lipinski definition) is 0. The van der Waals surface area contributed by atoms with E-state index in [1.807, 2.05) is 17.4 Å². The van der Waals surface area contributed by atoms with E-state index >= 15 is 0 Å². The molecule has 0 saturated carbocycles. The van der Waals surface area contributed by atoms with Gasteiger partial charge in [-0.2, -0.15) is 0 Å². The molecule has 1 heterocycles. The SMILES string of the molecule is C=CCC1=Cc2sccc2C1. The van der Waals surface area contributed by atoms with E-state index in [9.17, 15) is 0 Å². The Hall–Kier alpha value is -0.820. The molecule has 0 nitrogen and oxygen atoms in total. The standard InChI is InChI=1S/C10H10S/c1-2-3-8-6-9-4-5-11-10(9)7-8/h2,4-5,7H,1,3,6H2. The largest absolute Gasteiger partial charge is 0.144 e. The average Bonchev–Trinajstić information content (AvgIpc) is 2.46. The molecule has 0 aliphatic heterocycles. The van der Waals surface area contributed by atoms with E-state index in [0.29, 0.717) is 0 Å². The van der Waals surface area contributed by atoms with Gasteiger partial charge in [-0.25, -0.2) is 0 Å². The van der Waals surface area contributed by atoms with Crippen LogP contribution < -0.4 is 0 Å². The van der Waals surface area contributed by atoms with Gasteiger partial charge in [-0.3, -0.25) is 0 Å². The van der Waals surface area contributed by atoms with Crippen LogP contribution in [0.1, 0.15) is 16.9 Å². The quantitative estimate of drug-likeness (QED) is 0.585. The first-order valence-electron chi connectivity index (χ1n) is 3.77. The number of thiophene rings is 1. The summed E-state index contributed by atoms with van der Waals surface area (Å²) in [6.07, 6.45) is 6.45. The first kappa shape index (κ1) is 6.86. The predicted molar refractivity (Wildman–Crippen MR) is 50.8 cm³/mol. The van der Waals surface area contributed by atoms with Crippen molar-refractivity contribution in [3.05, 3.63) is 40.1 Å². The van der Waals surface area contributed by atoms with Crippen molar-refractivity contribution < 1.29 is 0 Å². The Kier molecular flexibility index (Phi) is 1.66. The summed E-state index contributed by atoms with van der Waals surface area (Å²) < 4.78 is 0. The first-order valence-corrected chi connectivity index (χ1v) is 4.65. The van der Waals surface area contributed by atoms with Crippen LogP contribution in [0.15, 0.2) is 29.7 Å². The highest BCUT2D eigenvalue weighted by Crippen LogP contribution is 2.30. The van der Waals surface area contributed by atoms with Gasteiger partial charge in [-0.1, -0.05) is 11.6 Å². The molecule has 1 heteroatoms. The maximum atomic E-state index is 3.73. The van der Waals surface area contributed by atoms with Crippen LogP contribution in [0.3, 0.4) is 0 Å². The summed E-state index contributed by atoms with van der Waals surface area (Å²) in [5.74, 6) is 0. The molecule has 0 spiro atoms. The minimum absolute atomic E-state index is 1.04. The van der Waals surface area contributed by atoms with Gasteiger partial charge < -0.3 is 0 Å². The molecule has 0 unspecified atom stereocenters. The van der Waals surface area contributed by atoms with Crippen LogP contribution in [0.5, 0.6) is 0 Å². The Morgan fingerprint density at radius 2 is 2.55 bits per heavy atom. The molecule has 0 amide bonds. The van der Waals surface area contributed by atoms with E-state index in [-0.39, 0.29) is 0 Å². The number of allylic oxidation sites excluding steroid dienone is 2. The highest BCUT2D eigenvalue weighted by atomic mass is 32.1. The van der Waals surface area contributed by atoms with E-state index in [1.54, 1.807) is 0 Å². The second-order valence-electron chi connectivity index (χ2n) is 2.78. The Labute approximate surface area is 70.9 Å². The van der Waals surface area contributed by atoms with Crippen LogP contribution in [0.25, 0.3) is 6.08 Å². The molecule has 1 aromatic rings. The molecular formula is C10H10S. The molecule has 2 rings (SSSR count). The number of hydrogen-bond acceptors (Lipinski definition) is 1. The molecule has 0 fully saturated rings. The lowest BCUT2D eigenvalue weighted by molar-refractivity contribution is 1.12. The maximum absolute atomic E-state index is 3.73. The summed E-state index contributed by atoms with van der Waals surface area (Å²) in [4.78, 5) is 1.45. The smallest absolute Gasteiger partial charge is 0.0305 e. The Bertz CT molecular complexity index is 304. The summed E-state index contributed by atoms with van der Waals surface area (Å²) in [7, 11) is 0. The van der Waals surface area contributed by atoms with Crippen molar-refractivity contribution in [3.63, 3.8) is 0 Å². The molecule has 1 aliphatic rings. The van der Waals surface area contributed by atoms with Gasteiger partial charge in [0.25, 0.3) is 0 Å². The van der Waals surface area contributed by atoms with E-state index in [4.69, 9.17) is 0 Å². The monoisotopic (exact) mass is 162 g/mol.